The van der Waals surface area contributed by atoms with Gasteiger partial charge in [-0.15, -0.1) is 0 Å². The van der Waals surface area contributed by atoms with Gasteiger partial charge in [-0.05, 0) is 30.5 Å². The second-order valence-corrected chi connectivity index (χ2v) is 3.98. The van der Waals surface area contributed by atoms with Crippen molar-refractivity contribution in [1.82, 2.24) is 0 Å². The van der Waals surface area contributed by atoms with Crippen LogP contribution in [0.3, 0.4) is 0 Å². The number of esters is 1. The molecule has 1 aromatic carbocycles. The molecule has 0 bridgehead atoms. The molecule has 2 aliphatic heterocycles. The molecular weight excluding hydrogens is 208 g/mol. The van der Waals surface area contributed by atoms with Crippen LogP contribution in [-0.2, 0) is 9.53 Å². The van der Waals surface area contributed by atoms with Gasteiger partial charge in [-0.25, -0.2) is 0 Å². The Morgan fingerprint density at radius 3 is 2.94 bits per heavy atom. The van der Waals surface area contributed by atoms with E-state index in [9.17, 15) is 4.79 Å². The summed E-state index contributed by atoms with van der Waals surface area (Å²) < 4.78 is 15.8. The summed E-state index contributed by atoms with van der Waals surface area (Å²) in [5, 5.41) is 0. The first kappa shape index (κ1) is 9.51. The minimum Gasteiger partial charge on any atom is -0.457 e. The monoisotopic (exact) mass is 220 g/mol. The van der Waals surface area contributed by atoms with E-state index in [0.717, 1.165) is 29.9 Å². The first-order valence-corrected chi connectivity index (χ1v) is 5.42. The third-order valence-electron chi connectivity index (χ3n) is 2.89. The van der Waals surface area contributed by atoms with E-state index in [0.29, 0.717) is 6.42 Å². The molecule has 1 saturated heterocycles. The normalized spacial score (nSPS) is 23.0. The van der Waals surface area contributed by atoms with Gasteiger partial charge in [0.1, 0.15) is 6.10 Å². The number of hydrogen-bond acceptors (Lipinski definition) is 4. The zero-order valence-electron chi connectivity index (χ0n) is 8.77. The Bertz CT molecular complexity index is 427. The third-order valence-corrected chi connectivity index (χ3v) is 2.89. The van der Waals surface area contributed by atoms with Crippen molar-refractivity contribution in [3.05, 3.63) is 23.8 Å². The lowest BCUT2D eigenvalue weighted by Crippen LogP contribution is -2.16. The van der Waals surface area contributed by atoms with Gasteiger partial charge in [0.25, 0.3) is 0 Å². The highest BCUT2D eigenvalue weighted by Crippen LogP contribution is 2.37. The Hall–Kier alpha value is -1.71. The summed E-state index contributed by atoms with van der Waals surface area (Å²) in [6.45, 7) is 0.267. The van der Waals surface area contributed by atoms with E-state index >= 15 is 0 Å². The smallest absolute Gasteiger partial charge is 0.306 e. The van der Waals surface area contributed by atoms with Gasteiger partial charge in [0.2, 0.25) is 6.79 Å². The average molecular weight is 220 g/mol. The predicted octanol–water partition coefficient (Wildman–Crippen LogP) is 2.18. The maximum atomic E-state index is 11.2. The van der Waals surface area contributed by atoms with Gasteiger partial charge in [0.05, 0.1) is 0 Å². The molecule has 0 spiro atoms. The summed E-state index contributed by atoms with van der Waals surface area (Å²) in [6.07, 6.45) is 2.17. The summed E-state index contributed by atoms with van der Waals surface area (Å²) in [4.78, 5) is 11.2. The minimum absolute atomic E-state index is 0.117. The van der Waals surface area contributed by atoms with Crippen molar-refractivity contribution < 1.29 is 19.0 Å². The van der Waals surface area contributed by atoms with Gasteiger partial charge in [0, 0.05) is 6.42 Å². The van der Waals surface area contributed by atoms with Crippen molar-refractivity contribution in [2.45, 2.75) is 25.4 Å². The van der Waals surface area contributed by atoms with Crippen molar-refractivity contribution in [2.24, 2.45) is 0 Å². The maximum absolute atomic E-state index is 11.2. The number of carbonyl (C=O) groups is 1. The van der Waals surface area contributed by atoms with E-state index in [4.69, 9.17) is 14.2 Å². The van der Waals surface area contributed by atoms with Crippen LogP contribution < -0.4 is 9.47 Å². The van der Waals surface area contributed by atoms with Crippen LogP contribution in [0, 0.1) is 0 Å². The number of benzene rings is 1. The van der Waals surface area contributed by atoms with Crippen LogP contribution in [0.25, 0.3) is 0 Å². The SMILES string of the molecule is O=C1CCCC(c2ccc3c(c2)OCO3)O1. The van der Waals surface area contributed by atoms with Crippen LogP contribution in [0.2, 0.25) is 0 Å². The molecule has 2 heterocycles. The van der Waals surface area contributed by atoms with Gasteiger partial charge in [-0.2, -0.15) is 0 Å². The van der Waals surface area contributed by atoms with Crippen molar-refractivity contribution in [3.8, 4) is 11.5 Å². The Morgan fingerprint density at radius 1 is 1.19 bits per heavy atom. The minimum atomic E-state index is -0.129. The van der Waals surface area contributed by atoms with Gasteiger partial charge in [-0.1, -0.05) is 6.07 Å². The van der Waals surface area contributed by atoms with Crippen molar-refractivity contribution in [1.29, 1.82) is 0 Å². The van der Waals surface area contributed by atoms with Gasteiger partial charge >= 0.3 is 5.97 Å². The second kappa shape index (κ2) is 3.70. The summed E-state index contributed by atoms with van der Waals surface area (Å²) in [7, 11) is 0. The first-order valence-electron chi connectivity index (χ1n) is 5.42. The molecule has 1 aromatic rings. The Labute approximate surface area is 93.1 Å². The quantitative estimate of drug-likeness (QED) is 0.680. The summed E-state index contributed by atoms with van der Waals surface area (Å²) in [5.74, 6) is 1.37. The molecular formula is C12H12O4. The molecule has 2 aliphatic rings. The summed E-state index contributed by atoms with van der Waals surface area (Å²) in [5.41, 5.74) is 0.984. The lowest BCUT2D eigenvalue weighted by molar-refractivity contribution is -0.154. The fourth-order valence-corrected chi connectivity index (χ4v) is 2.06. The van der Waals surface area contributed by atoms with E-state index in [1.807, 2.05) is 18.2 Å². The first-order chi connectivity index (χ1) is 7.83. The number of hydrogen-bond donors (Lipinski definition) is 0. The number of carbonyl (C=O) groups excluding carboxylic acids is 1. The molecule has 0 N–H and O–H groups in total. The number of rotatable bonds is 1. The molecule has 1 atom stereocenters. The van der Waals surface area contributed by atoms with Crippen molar-refractivity contribution >= 4 is 5.97 Å². The average Bonchev–Trinajstić information content (AvgIpc) is 2.75. The van der Waals surface area contributed by atoms with Gasteiger partial charge in [-0.3, -0.25) is 4.79 Å². The molecule has 4 nitrogen and oxygen atoms in total. The van der Waals surface area contributed by atoms with Crippen molar-refractivity contribution in [3.63, 3.8) is 0 Å². The highest BCUT2D eigenvalue weighted by molar-refractivity contribution is 5.70. The zero-order valence-corrected chi connectivity index (χ0v) is 8.77. The van der Waals surface area contributed by atoms with E-state index < -0.39 is 0 Å². The van der Waals surface area contributed by atoms with Crippen LogP contribution in [0.5, 0.6) is 11.5 Å². The lowest BCUT2D eigenvalue weighted by Gasteiger charge is -2.22. The summed E-state index contributed by atoms with van der Waals surface area (Å²) in [6, 6.07) is 5.68. The third kappa shape index (κ3) is 1.60. The molecule has 1 fully saturated rings. The van der Waals surface area contributed by atoms with Crippen LogP contribution in [0.15, 0.2) is 18.2 Å². The molecule has 16 heavy (non-hydrogen) atoms. The molecule has 0 amide bonds. The van der Waals surface area contributed by atoms with Gasteiger partial charge in [0.15, 0.2) is 11.5 Å². The topological polar surface area (TPSA) is 44.8 Å². The van der Waals surface area contributed by atoms with E-state index in [1.165, 1.54) is 0 Å². The standard InChI is InChI=1S/C12H12O4/c13-12-3-1-2-9(16-12)8-4-5-10-11(6-8)15-7-14-10/h4-6,9H,1-3,7H2. The van der Waals surface area contributed by atoms with Crippen LogP contribution in [0.4, 0.5) is 0 Å². The highest BCUT2D eigenvalue weighted by Gasteiger charge is 2.24. The highest BCUT2D eigenvalue weighted by atomic mass is 16.7. The van der Waals surface area contributed by atoms with Crippen LogP contribution in [-0.4, -0.2) is 12.8 Å². The molecule has 0 aromatic heterocycles. The Kier molecular flexibility index (Phi) is 2.20. The maximum Gasteiger partial charge on any atom is 0.306 e. The summed E-state index contributed by atoms with van der Waals surface area (Å²) >= 11 is 0. The number of cyclic esters (lactones) is 1. The van der Waals surface area contributed by atoms with Crippen molar-refractivity contribution in [2.75, 3.05) is 6.79 Å². The molecule has 3 rings (SSSR count). The molecule has 4 heteroatoms. The second-order valence-electron chi connectivity index (χ2n) is 3.98. The van der Waals surface area contributed by atoms with E-state index in [2.05, 4.69) is 0 Å². The molecule has 0 aliphatic carbocycles. The van der Waals surface area contributed by atoms with E-state index in [-0.39, 0.29) is 18.9 Å². The molecule has 0 radical (unpaired) electrons. The van der Waals surface area contributed by atoms with Crippen LogP contribution >= 0.6 is 0 Å². The zero-order chi connectivity index (χ0) is 11.0. The van der Waals surface area contributed by atoms with Gasteiger partial charge < -0.3 is 14.2 Å². The number of ether oxygens (including phenoxy) is 3. The molecule has 0 saturated carbocycles. The molecule has 1 unspecified atom stereocenters. The largest absolute Gasteiger partial charge is 0.457 e. The fourth-order valence-electron chi connectivity index (χ4n) is 2.06. The number of fused-ring (bicyclic) bond motifs is 1. The Morgan fingerprint density at radius 2 is 2.06 bits per heavy atom. The lowest BCUT2D eigenvalue weighted by atomic mass is 10.0. The molecule has 84 valence electrons. The fraction of sp³-hybridized carbons (Fsp3) is 0.417. The Balaban J connectivity index is 1.86. The van der Waals surface area contributed by atoms with E-state index in [1.54, 1.807) is 0 Å². The predicted molar refractivity (Wildman–Crippen MR) is 55.2 cm³/mol. The van der Waals surface area contributed by atoms with Crippen LogP contribution in [0.1, 0.15) is 30.9 Å².